The molecule has 3 atom stereocenters. The van der Waals surface area contributed by atoms with Gasteiger partial charge in [0.1, 0.15) is 0 Å². The minimum absolute atomic E-state index is 0.172. The Hall–Kier alpha value is -0.120. The second-order valence-electron chi connectivity index (χ2n) is 4.23. The lowest BCUT2D eigenvalue weighted by Gasteiger charge is -2.39. The van der Waals surface area contributed by atoms with Crippen molar-refractivity contribution in [2.45, 2.75) is 45.4 Å². The number of piperazine rings is 1. The summed E-state index contributed by atoms with van der Waals surface area (Å²) in [6, 6.07) is 1.20. The molecule has 0 aromatic rings. The lowest BCUT2D eigenvalue weighted by molar-refractivity contribution is 0.0894. The second kappa shape index (κ2) is 4.94. The zero-order valence-electron chi connectivity index (χ0n) is 8.95. The predicted molar refractivity (Wildman–Crippen MR) is 54.8 cm³/mol. The molecule has 0 aromatic carbocycles. The summed E-state index contributed by atoms with van der Waals surface area (Å²) in [6.45, 7) is 9.50. The van der Waals surface area contributed by atoms with E-state index in [1.54, 1.807) is 0 Å². The van der Waals surface area contributed by atoms with Gasteiger partial charge in [-0.2, -0.15) is 0 Å². The van der Waals surface area contributed by atoms with Crippen molar-refractivity contribution in [3.8, 4) is 0 Å². The van der Waals surface area contributed by atoms with Crippen molar-refractivity contribution >= 4 is 0 Å². The molecule has 3 nitrogen and oxygen atoms in total. The number of rotatable bonds is 3. The van der Waals surface area contributed by atoms with Gasteiger partial charge in [0.2, 0.25) is 0 Å². The summed E-state index contributed by atoms with van der Waals surface area (Å²) in [4.78, 5) is 2.48. The lowest BCUT2D eigenvalue weighted by atomic mass is 10.1. The third-order valence-corrected chi connectivity index (χ3v) is 2.82. The number of nitrogens with one attached hydrogen (secondary N) is 1. The van der Waals surface area contributed by atoms with Crippen LogP contribution < -0.4 is 5.32 Å². The smallest absolute Gasteiger partial charge is 0.0524 e. The Balaban J connectivity index is 2.35. The topological polar surface area (TPSA) is 35.5 Å². The molecule has 0 bridgehead atoms. The summed E-state index contributed by atoms with van der Waals surface area (Å²) in [5.74, 6) is 0. The molecular weight excluding hydrogens is 164 g/mol. The van der Waals surface area contributed by atoms with E-state index < -0.39 is 0 Å². The molecule has 0 radical (unpaired) electrons. The SMILES string of the molecule is CC(O)CCN1C(C)CNCC1C. The van der Waals surface area contributed by atoms with Crippen LogP contribution in [0.2, 0.25) is 0 Å². The van der Waals surface area contributed by atoms with Crippen molar-refractivity contribution in [1.82, 2.24) is 10.2 Å². The van der Waals surface area contributed by atoms with Gasteiger partial charge in [-0.25, -0.2) is 0 Å². The van der Waals surface area contributed by atoms with Crippen molar-refractivity contribution < 1.29 is 5.11 Å². The first-order valence-electron chi connectivity index (χ1n) is 5.25. The molecule has 78 valence electrons. The molecule has 13 heavy (non-hydrogen) atoms. The number of nitrogens with zero attached hydrogens (tertiary/aromatic N) is 1. The van der Waals surface area contributed by atoms with Crippen LogP contribution in [0.3, 0.4) is 0 Å². The Kier molecular flexibility index (Phi) is 4.16. The molecule has 1 fully saturated rings. The fourth-order valence-corrected chi connectivity index (χ4v) is 1.95. The summed E-state index contributed by atoms with van der Waals surface area (Å²) >= 11 is 0. The molecule has 0 aliphatic carbocycles. The molecule has 1 rings (SSSR count). The van der Waals surface area contributed by atoms with Crippen molar-refractivity contribution in [2.75, 3.05) is 19.6 Å². The average molecular weight is 186 g/mol. The highest BCUT2D eigenvalue weighted by Crippen LogP contribution is 2.10. The second-order valence-corrected chi connectivity index (χ2v) is 4.23. The lowest BCUT2D eigenvalue weighted by Crippen LogP contribution is -2.55. The first-order valence-corrected chi connectivity index (χ1v) is 5.25. The Morgan fingerprint density at radius 1 is 1.38 bits per heavy atom. The maximum Gasteiger partial charge on any atom is 0.0524 e. The highest BCUT2D eigenvalue weighted by atomic mass is 16.3. The zero-order valence-corrected chi connectivity index (χ0v) is 8.95. The third-order valence-electron chi connectivity index (χ3n) is 2.82. The van der Waals surface area contributed by atoms with E-state index in [0.717, 1.165) is 26.1 Å². The molecule has 0 spiro atoms. The minimum atomic E-state index is -0.172. The molecule has 1 saturated heterocycles. The minimum Gasteiger partial charge on any atom is -0.393 e. The fourth-order valence-electron chi connectivity index (χ4n) is 1.95. The average Bonchev–Trinajstić information content (AvgIpc) is 2.03. The Morgan fingerprint density at radius 2 is 1.92 bits per heavy atom. The third kappa shape index (κ3) is 3.25. The maximum atomic E-state index is 9.21. The molecule has 1 aliphatic heterocycles. The normalized spacial score (nSPS) is 33.2. The first-order chi connectivity index (χ1) is 6.11. The van der Waals surface area contributed by atoms with Gasteiger partial charge in [0.25, 0.3) is 0 Å². The molecule has 1 heterocycles. The Labute approximate surface area is 81.1 Å². The van der Waals surface area contributed by atoms with Gasteiger partial charge in [0.15, 0.2) is 0 Å². The van der Waals surface area contributed by atoms with Crippen LogP contribution in [0, 0.1) is 0 Å². The summed E-state index contributed by atoms with van der Waals surface area (Å²) in [6.07, 6.45) is 0.712. The quantitative estimate of drug-likeness (QED) is 0.671. The summed E-state index contributed by atoms with van der Waals surface area (Å²) < 4.78 is 0. The molecule has 3 heteroatoms. The van der Waals surface area contributed by atoms with Crippen molar-refractivity contribution in [3.63, 3.8) is 0 Å². The van der Waals surface area contributed by atoms with Crippen LogP contribution in [0.15, 0.2) is 0 Å². The fraction of sp³-hybridized carbons (Fsp3) is 1.00. The highest BCUT2D eigenvalue weighted by Gasteiger charge is 2.23. The van der Waals surface area contributed by atoms with Crippen LogP contribution in [-0.2, 0) is 0 Å². The van der Waals surface area contributed by atoms with Crippen LogP contribution in [-0.4, -0.2) is 47.8 Å². The van der Waals surface area contributed by atoms with Gasteiger partial charge in [0.05, 0.1) is 6.10 Å². The van der Waals surface area contributed by atoms with E-state index in [1.807, 2.05) is 6.92 Å². The van der Waals surface area contributed by atoms with Gasteiger partial charge in [-0.1, -0.05) is 0 Å². The van der Waals surface area contributed by atoms with Gasteiger partial charge >= 0.3 is 0 Å². The highest BCUT2D eigenvalue weighted by molar-refractivity contribution is 4.82. The van der Waals surface area contributed by atoms with E-state index in [-0.39, 0.29) is 6.10 Å². The van der Waals surface area contributed by atoms with Crippen LogP contribution in [0.4, 0.5) is 0 Å². The van der Waals surface area contributed by atoms with Gasteiger partial charge in [0, 0.05) is 31.7 Å². The van der Waals surface area contributed by atoms with E-state index in [0.29, 0.717) is 12.1 Å². The van der Waals surface area contributed by atoms with Gasteiger partial charge in [-0.3, -0.25) is 4.90 Å². The number of aliphatic hydroxyl groups excluding tert-OH is 1. The predicted octanol–water partition coefficient (Wildman–Crippen LogP) is 0.439. The Morgan fingerprint density at radius 3 is 2.38 bits per heavy atom. The van der Waals surface area contributed by atoms with E-state index in [1.165, 1.54) is 0 Å². The molecule has 0 amide bonds. The van der Waals surface area contributed by atoms with E-state index in [2.05, 4.69) is 24.1 Å². The van der Waals surface area contributed by atoms with Crippen LogP contribution >= 0.6 is 0 Å². The summed E-state index contributed by atoms with van der Waals surface area (Å²) in [5, 5.41) is 12.6. The monoisotopic (exact) mass is 186 g/mol. The van der Waals surface area contributed by atoms with Crippen LogP contribution in [0.5, 0.6) is 0 Å². The van der Waals surface area contributed by atoms with Gasteiger partial charge < -0.3 is 10.4 Å². The van der Waals surface area contributed by atoms with Crippen molar-refractivity contribution in [2.24, 2.45) is 0 Å². The number of hydrogen-bond donors (Lipinski definition) is 2. The zero-order chi connectivity index (χ0) is 9.84. The van der Waals surface area contributed by atoms with Gasteiger partial charge in [-0.05, 0) is 27.2 Å². The standard InChI is InChI=1S/C10H22N2O/c1-8-6-11-7-9(2)12(8)5-4-10(3)13/h8-11,13H,4-7H2,1-3H3. The molecule has 2 N–H and O–H groups in total. The Bertz CT molecular complexity index is 140. The number of aliphatic hydroxyl groups is 1. The van der Waals surface area contributed by atoms with E-state index in [9.17, 15) is 5.11 Å². The van der Waals surface area contributed by atoms with E-state index >= 15 is 0 Å². The molecule has 3 unspecified atom stereocenters. The largest absolute Gasteiger partial charge is 0.393 e. The van der Waals surface area contributed by atoms with Crippen LogP contribution in [0.1, 0.15) is 27.2 Å². The summed E-state index contributed by atoms with van der Waals surface area (Å²) in [7, 11) is 0. The maximum absolute atomic E-state index is 9.21. The molecule has 0 aromatic heterocycles. The molecular formula is C10H22N2O. The first kappa shape index (κ1) is 11.0. The van der Waals surface area contributed by atoms with Crippen molar-refractivity contribution in [3.05, 3.63) is 0 Å². The molecule has 1 aliphatic rings. The van der Waals surface area contributed by atoms with Gasteiger partial charge in [-0.15, -0.1) is 0 Å². The number of hydrogen-bond acceptors (Lipinski definition) is 3. The van der Waals surface area contributed by atoms with E-state index in [4.69, 9.17) is 0 Å². The summed E-state index contributed by atoms with van der Waals surface area (Å²) in [5.41, 5.74) is 0. The molecule has 0 saturated carbocycles. The van der Waals surface area contributed by atoms with Crippen molar-refractivity contribution in [1.29, 1.82) is 0 Å². The van der Waals surface area contributed by atoms with Crippen LogP contribution in [0.25, 0.3) is 0 Å².